The van der Waals surface area contributed by atoms with Crippen molar-refractivity contribution in [2.45, 2.75) is 56.6 Å². The minimum Gasteiger partial charge on any atom is -0.376 e. The molecule has 0 aromatic carbocycles. The first-order valence-electron chi connectivity index (χ1n) is 9.38. The molecule has 4 saturated carbocycles. The summed E-state index contributed by atoms with van der Waals surface area (Å²) in [5.41, 5.74) is 4.97. The molecule has 24 heavy (non-hydrogen) atoms. The zero-order valence-electron chi connectivity index (χ0n) is 14.2. The van der Waals surface area contributed by atoms with Crippen molar-refractivity contribution in [2.75, 3.05) is 19.8 Å². The van der Waals surface area contributed by atoms with Crippen molar-refractivity contribution in [3.63, 3.8) is 0 Å². The third-order valence-corrected chi connectivity index (χ3v) is 6.74. The van der Waals surface area contributed by atoms with Crippen LogP contribution in [0.2, 0.25) is 0 Å². The molecule has 3 N–H and O–H groups in total. The lowest BCUT2D eigenvalue weighted by Gasteiger charge is -2.59. The van der Waals surface area contributed by atoms with E-state index in [2.05, 4.69) is 5.32 Å². The average Bonchev–Trinajstić information content (AvgIpc) is 3.03. The Bertz CT molecular complexity index is 487. The molecular formula is C18H28N2O4. The summed E-state index contributed by atoms with van der Waals surface area (Å²) in [6, 6.07) is 0. The fourth-order valence-corrected chi connectivity index (χ4v) is 5.92. The highest BCUT2D eigenvalue weighted by molar-refractivity contribution is 5.92. The first-order chi connectivity index (χ1) is 11.6. The second-order valence-electron chi connectivity index (χ2n) is 8.24. The molecule has 1 atom stereocenters. The van der Waals surface area contributed by atoms with Crippen molar-refractivity contribution in [2.24, 2.45) is 29.4 Å². The van der Waals surface area contributed by atoms with Gasteiger partial charge in [-0.3, -0.25) is 9.59 Å². The van der Waals surface area contributed by atoms with Crippen molar-refractivity contribution in [1.29, 1.82) is 0 Å². The number of nitrogens with two attached hydrogens (primary N) is 1. The number of carbonyl (C=O) groups excluding carboxylic acids is 2. The Morgan fingerprint density at radius 3 is 2.33 bits per heavy atom. The van der Waals surface area contributed by atoms with E-state index in [1.807, 2.05) is 0 Å². The van der Waals surface area contributed by atoms with Gasteiger partial charge in [0.2, 0.25) is 11.8 Å². The molecule has 0 aromatic rings. The Kier molecular flexibility index (Phi) is 4.29. The molecule has 1 saturated heterocycles. The molecule has 134 valence electrons. The lowest BCUT2D eigenvalue weighted by atomic mass is 9.48. The van der Waals surface area contributed by atoms with Crippen LogP contribution in [0.15, 0.2) is 0 Å². The Labute approximate surface area is 142 Å². The van der Waals surface area contributed by atoms with E-state index >= 15 is 0 Å². The van der Waals surface area contributed by atoms with Crippen LogP contribution in [0.5, 0.6) is 0 Å². The van der Waals surface area contributed by atoms with Gasteiger partial charge in [-0.1, -0.05) is 0 Å². The van der Waals surface area contributed by atoms with E-state index < -0.39 is 5.54 Å². The number of hydrogen-bond donors (Lipinski definition) is 2. The number of rotatable bonds is 6. The topological polar surface area (TPSA) is 90.7 Å². The maximum atomic E-state index is 12.4. The molecular weight excluding hydrogens is 308 g/mol. The van der Waals surface area contributed by atoms with Crippen molar-refractivity contribution < 1.29 is 19.1 Å². The van der Waals surface area contributed by atoms with Gasteiger partial charge in [-0.25, -0.2) is 0 Å². The largest absolute Gasteiger partial charge is 0.376 e. The minimum atomic E-state index is -0.849. The molecule has 0 radical (unpaired) electrons. The van der Waals surface area contributed by atoms with Crippen LogP contribution in [0.3, 0.4) is 0 Å². The van der Waals surface area contributed by atoms with Gasteiger partial charge in [0.05, 0.1) is 12.7 Å². The summed E-state index contributed by atoms with van der Waals surface area (Å²) in [5.74, 6) is 1.25. The smallest absolute Gasteiger partial charge is 0.246 e. The monoisotopic (exact) mass is 336 g/mol. The van der Waals surface area contributed by atoms with Gasteiger partial charge in [0.15, 0.2) is 0 Å². The molecule has 1 heterocycles. The van der Waals surface area contributed by atoms with Crippen LogP contribution in [0, 0.1) is 23.7 Å². The quantitative estimate of drug-likeness (QED) is 0.756. The van der Waals surface area contributed by atoms with Gasteiger partial charge in [-0.2, -0.15) is 0 Å². The fraction of sp³-hybridized carbons (Fsp3) is 0.889. The molecule has 0 spiro atoms. The fourth-order valence-electron chi connectivity index (χ4n) is 5.92. The molecule has 4 aliphatic carbocycles. The lowest BCUT2D eigenvalue weighted by molar-refractivity contribution is -0.152. The molecule has 5 rings (SSSR count). The average molecular weight is 336 g/mol. The molecule has 5 aliphatic rings. The van der Waals surface area contributed by atoms with Gasteiger partial charge in [0, 0.05) is 6.61 Å². The van der Waals surface area contributed by atoms with Crippen LogP contribution in [0.1, 0.15) is 44.9 Å². The Hall–Kier alpha value is -1.14. The molecule has 6 nitrogen and oxygen atoms in total. The molecule has 1 aliphatic heterocycles. The lowest BCUT2D eigenvalue weighted by Crippen LogP contribution is -2.72. The summed E-state index contributed by atoms with van der Waals surface area (Å²) in [6.07, 6.45) is 7.51. The highest BCUT2D eigenvalue weighted by Crippen LogP contribution is 2.58. The highest BCUT2D eigenvalue weighted by Gasteiger charge is 2.61. The molecule has 2 amide bonds. The van der Waals surface area contributed by atoms with Gasteiger partial charge >= 0.3 is 0 Å². The maximum Gasteiger partial charge on any atom is 0.246 e. The summed E-state index contributed by atoms with van der Waals surface area (Å²) < 4.78 is 11.0. The van der Waals surface area contributed by atoms with Crippen LogP contribution in [-0.2, 0) is 19.1 Å². The third-order valence-electron chi connectivity index (χ3n) is 6.74. The number of ether oxygens (including phenoxy) is 2. The van der Waals surface area contributed by atoms with E-state index in [0.29, 0.717) is 18.4 Å². The Balaban J connectivity index is 1.38. The zero-order chi connectivity index (χ0) is 16.7. The van der Waals surface area contributed by atoms with Crippen LogP contribution < -0.4 is 11.1 Å². The predicted octanol–water partition coefficient (Wildman–Crippen LogP) is 0.978. The molecule has 5 fully saturated rings. The van der Waals surface area contributed by atoms with E-state index in [9.17, 15) is 9.59 Å². The van der Waals surface area contributed by atoms with E-state index in [4.69, 9.17) is 15.2 Å². The van der Waals surface area contributed by atoms with E-state index in [1.54, 1.807) is 0 Å². The summed E-state index contributed by atoms with van der Waals surface area (Å²) in [4.78, 5) is 24.8. The molecule has 1 unspecified atom stereocenters. The minimum absolute atomic E-state index is 0.0266. The van der Waals surface area contributed by atoms with E-state index in [-0.39, 0.29) is 36.4 Å². The first-order valence-corrected chi connectivity index (χ1v) is 9.38. The van der Waals surface area contributed by atoms with Crippen molar-refractivity contribution in [3.05, 3.63) is 0 Å². The highest BCUT2D eigenvalue weighted by atomic mass is 16.5. The van der Waals surface area contributed by atoms with Gasteiger partial charge < -0.3 is 20.5 Å². The van der Waals surface area contributed by atoms with Gasteiger partial charge in [0.1, 0.15) is 12.1 Å². The molecule has 4 bridgehead atoms. The second kappa shape index (κ2) is 6.30. The van der Waals surface area contributed by atoms with Crippen LogP contribution in [0.25, 0.3) is 0 Å². The number of carbonyl (C=O) groups is 2. The number of amides is 2. The van der Waals surface area contributed by atoms with Crippen molar-refractivity contribution in [1.82, 2.24) is 5.32 Å². The third kappa shape index (κ3) is 2.73. The summed E-state index contributed by atoms with van der Waals surface area (Å²) in [6.45, 7) is 1.19. The molecule has 0 aromatic heterocycles. The number of nitrogens with one attached hydrogen (secondary N) is 1. The van der Waals surface area contributed by atoms with Gasteiger partial charge in [-0.05, 0) is 68.6 Å². The number of hydrogen-bond acceptors (Lipinski definition) is 4. The molecule has 6 heteroatoms. The standard InChI is InChI=1S/C18H28N2O4/c19-17(22)18(13-5-11-4-12(7-13)8-14(18)6-11)20-16(21)10-23-9-15-2-1-3-24-15/h11-15H,1-10H2,(H2,19,22)(H,20,21). The van der Waals surface area contributed by atoms with Crippen LogP contribution >= 0.6 is 0 Å². The zero-order valence-corrected chi connectivity index (χ0v) is 14.2. The second-order valence-corrected chi connectivity index (χ2v) is 8.24. The summed E-state index contributed by atoms with van der Waals surface area (Å²) in [7, 11) is 0. The van der Waals surface area contributed by atoms with E-state index in [1.165, 1.54) is 6.42 Å². The number of primary amides is 1. The normalized spacial score (nSPS) is 43.1. The maximum absolute atomic E-state index is 12.4. The Morgan fingerprint density at radius 2 is 1.79 bits per heavy atom. The van der Waals surface area contributed by atoms with Crippen molar-refractivity contribution in [3.8, 4) is 0 Å². The Morgan fingerprint density at radius 1 is 1.12 bits per heavy atom. The SMILES string of the molecule is NC(=O)C1(NC(=O)COCC2CCCO2)C2CC3CC(C2)CC1C3. The van der Waals surface area contributed by atoms with Crippen LogP contribution in [0.4, 0.5) is 0 Å². The summed E-state index contributed by atoms with van der Waals surface area (Å²) >= 11 is 0. The first kappa shape index (κ1) is 16.3. The van der Waals surface area contributed by atoms with Crippen LogP contribution in [-0.4, -0.2) is 43.3 Å². The summed E-state index contributed by atoms with van der Waals surface area (Å²) in [5, 5.41) is 3.02. The van der Waals surface area contributed by atoms with Gasteiger partial charge in [0.25, 0.3) is 0 Å². The van der Waals surface area contributed by atoms with Gasteiger partial charge in [-0.15, -0.1) is 0 Å². The van der Waals surface area contributed by atoms with Crippen molar-refractivity contribution >= 4 is 11.8 Å². The van der Waals surface area contributed by atoms with E-state index in [0.717, 1.165) is 45.1 Å². The predicted molar refractivity (Wildman–Crippen MR) is 86.9 cm³/mol.